The molecular weight excluding hydrogens is 356 g/mol. The first-order valence-electron chi connectivity index (χ1n) is 7.63. The summed E-state index contributed by atoms with van der Waals surface area (Å²) >= 11 is 3.43. The van der Waals surface area contributed by atoms with E-state index in [9.17, 15) is 0 Å². The Morgan fingerprint density at radius 1 is 1.04 bits per heavy atom. The van der Waals surface area contributed by atoms with E-state index in [1.807, 2.05) is 36.1 Å². The molecule has 6 nitrogen and oxygen atoms in total. The van der Waals surface area contributed by atoms with Crippen molar-refractivity contribution in [2.45, 2.75) is 6.92 Å². The fourth-order valence-electron chi connectivity index (χ4n) is 2.98. The first-order valence-corrected chi connectivity index (χ1v) is 8.42. The van der Waals surface area contributed by atoms with Gasteiger partial charge >= 0.3 is 0 Å². The molecule has 4 rings (SSSR count). The first kappa shape index (κ1) is 14.4. The summed E-state index contributed by atoms with van der Waals surface area (Å²) in [5, 5.41) is 4.46. The van der Waals surface area contributed by atoms with Gasteiger partial charge in [0.15, 0.2) is 5.82 Å². The molecule has 3 aromatic rings. The van der Waals surface area contributed by atoms with Gasteiger partial charge in [-0.05, 0) is 41.1 Å². The average Bonchev–Trinajstić information content (AvgIpc) is 2.96. The van der Waals surface area contributed by atoms with Crippen molar-refractivity contribution >= 4 is 33.1 Å². The zero-order chi connectivity index (χ0) is 15.8. The van der Waals surface area contributed by atoms with Crippen LogP contribution in [-0.2, 0) is 0 Å². The molecule has 23 heavy (non-hydrogen) atoms. The maximum absolute atomic E-state index is 4.58. The molecule has 0 radical (unpaired) electrons. The molecule has 1 aliphatic heterocycles. The Labute approximate surface area is 142 Å². The number of nitrogens with zero attached hydrogens (tertiary/aromatic N) is 6. The van der Waals surface area contributed by atoms with Gasteiger partial charge < -0.3 is 9.80 Å². The summed E-state index contributed by atoms with van der Waals surface area (Å²) in [5.74, 6) is 2.04. The van der Waals surface area contributed by atoms with Crippen LogP contribution in [0.2, 0.25) is 0 Å². The Morgan fingerprint density at radius 2 is 1.83 bits per heavy atom. The molecule has 4 heterocycles. The van der Waals surface area contributed by atoms with Crippen molar-refractivity contribution in [3.63, 3.8) is 0 Å². The van der Waals surface area contributed by atoms with Gasteiger partial charge in [-0.2, -0.15) is 5.10 Å². The molecule has 0 N–H and O–H groups in total. The van der Waals surface area contributed by atoms with E-state index in [0.717, 1.165) is 53.5 Å². The van der Waals surface area contributed by atoms with Crippen molar-refractivity contribution < 1.29 is 0 Å². The molecule has 1 fully saturated rings. The Morgan fingerprint density at radius 3 is 2.57 bits per heavy atom. The van der Waals surface area contributed by atoms with Crippen LogP contribution in [0.3, 0.4) is 0 Å². The fraction of sp³-hybridized carbons (Fsp3) is 0.312. The molecule has 0 bridgehead atoms. The quantitative estimate of drug-likeness (QED) is 0.691. The third-order valence-electron chi connectivity index (χ3n) is 4.11. The van der Waals surface area contributed by atoms with Crippen molar-refractivity contribution in [3.05, 3.63) is 47.0 Å². The summed E-state index contributed by atoms with van der Waals surface area (Å²) < 4.78 is 2.91. The Kier molecular flexibility index (Phi) is 3.65. The summed E-state index contributed by atoms with van der Waals surface area (Å²) in [6.07, 6.45) is 5.56. The number of pyridine rings is 1. The van der Waals surface area contributed by atoms with Gasteiger partial charge in [0.2, 0.25) is 0 Å². The minimum absolute atomic E-state index is 0.925. The first-order chi connectivity index (χ1) is 11.2. The minimum atomic E-state index is 0.925. The molecule has 0 amide bonds. The van der Waals surface area contributed by atoms with Crippen LogP contribution < -0.4 is 9.80 Å². The highest BCUT2D eigenvalue weighted by molar-refractivity contribution is 9.10. The van der Waals surface area contributed by atoms with Gasteiger partial charge in [-0.1, -0.05) is 0 Å². The van der Waals surface area contributed by atoms with Crippen molar-refractivity contribution in [2.24, 2.45) is 0 Å². The summed E-state index contributed by atoms with van der Waals surface area (Å²) in [6, 6.07) is 6.18. The zero-order valence-corrected chi connectivity index (χ0v) is 14.4. The van der Waals surface area contributed by atoms with Gasteiger partial charge in [-0.15, -0.1) is 0 Å². The predicted molar refractivity (Wildman–Crippen MR) is 94.1 cm³/mol. The maximum Gasteiger partial charge on any atom is 0.154 e. The molecule has 0 aliphatic carbocycles. The number of halogens is 1. The number of anilines is 2. The highest BCUT2D eigenvalue weighted by atomic mass is 79.9. The van der Waals surface area contributed by atoms with E-state index in [2.05, 4.69) is 52.9 Å². The van der Waals surface area contributed by atoms with Crippen molar-refractivity contribution in [3.8, 4) is 0 Å². The van der Waals surface area contributed by atoms with Gasteiger partial charge in [-0.25, -0.2) is 14.5 Å². The number of aromatic nitrogens is 4. The molecule has 1 aliphatic rings. The Balaban J connectivity index is 1.53. The smallest absolute Gasteiger partial charge is 0.154 e. The molecule has 0 saturated carbocycles. The Bertz CT molecular complexity index is 820. The van der Waals surface area contributed by atoms with Crippen LogP contribution in [0.15, 0.2) is 41.3 Å². The second-order valence-corrected chi connectivity index (χ2v) is 6.59. The van der Waals surface area contributed by atoms with E-state index in [4.69, 9.17) is 0 Å². The molecule has 3 aromatic heterocycles. The molecular formula is C16H17BrN6. The molecule has 118 valence electrons. The number of piperazine rings is 1. The molecule has 7 heteroatoms. The van der Waals surface area contributed by atoms with Crippen LogP contribution in [0.4, 0.5) is 11.6 Å². The fourth-order valence-corrected chi connectivity index (χ4v) is 3.21. The topological polar surface area (TPSA) is 49.6 Å². The minimum Gasteiger partial charge on any atom is -0.353 e. The van der Waals surface area contributed by atoms with Gasteiger partial charge in [0, 0.05) is 49.2 Å². The van der Waals surface area contributed by atoms with E-state index in [-0.39, 0.29) is 0 Å². The third kappa shape index (κ3) is 2.76. The highest BCUT2D eigenvalue weighted by Gasteiger charge is 2.21. The molecule has 0 unspecified atom stereocenters. The van der Waals surface area contributed by atoms with E-state index >= 15 is 0 Å². The third-order valence-corrected chi connectivity index (χ3v) is 4.58. The van der Waals surface area contributed by atoms with Crippen LogP contribution in [-0.4, -0.2) is 45.8 Å². The van der Waals surface area contributed by atoms with Crippen LogP contribution in [0, 0.1) is 6.92 Å². The zero-order valence-electron chi connectivity index (χ0n) is 12.9. The second kappa shape index (κ2) is 5.81. The lowest BCUT2D eigenvalue weighted by Gasteiger charge is -2.36. The second-order valence-electron chi connectivity index (χ2n) is 5.68. The van der Waals surface area contributed by atoms with E-state index in [1.54, 1.807) is 0 Å². The largest absolute Gasteiger partial charge is 0.353 e. The van der Waals surface area contributed by atoms with Crippen LogP contribution in [0.25, 0.3) is 5.52 Å². The lowest BCUT2D eigenvalue weighted by Crippen LogP contribution is -2.47. The normalized spacial score (nSPS) is 15.4. The SMILES string of the molecule is Cc1cc2c(N3CCN(c4ccc(Br)cn4)CC3)nccn2n1. The molecule has 0 atom stereocenters. The lowest BCUT2D eigenvalue weighted by molar-refractivity contribution is 0.641. The van der Waals surface area contributed by atoms with Crippen LogP contribution >= 0.6 is 15.9 Å². The van der Waals surface area contributed by atoms with Crippen molar-refractivity contribution in [1.29, 1.82) is 0 Å². The Hall–Kier alpha value is -2.15. The molecule has 0 spiro atoms. The predicted octanol–water partition coefficient (Wildman–Crippen LogP) is 2.52. The summed E-state index contributed by atoms with van der Waals surface area (Å²) in [5.41, 5.74) is 2.08. The molecule has 0 aromatic carbocycles. The van der Waals surface area contributed by atoms with Gasteiger partial charge in [0.25, 0.3) is 0 Å². The number of rotatable bonds is 2. The lowest BCUT2D eigenvalue weighted by atomic mass is 10.3. The number of fused-ring (bicyclic) bond motifs is 1. The number of hydrogen-bond acceptors (Lipinski definition) is 5. The standard InChI is InChI=1S/C16H17BrN6/c1-12-10-14-16(18-4-5-23(14)20-12)22-8-6-21(7-9-22)15-3-2-13(17)11-19-15/h2-5,10-11H,6-9H2,1H3. The van der Waals surface area contributed by atoms with Crippen LogP contribution in [0.5, 0.6) is 0 Å². The highest BCUT2D eigenvalue weighted by Crippen LogP contribution is 2.22. The van der Waals surface area contributed by atoms with E-state index in [1.165, 1.54) is 0 Å². The number of hydrogen-bond donors (Lipinski definition) is 0. The van der Waals surface area contributed by atoms with E-state index in [0.29, 0.717) is 0 Å². The summed E-state index contributed by atoms with van der Waals surface area (Å²) in [6.45, 7) is 5.73. The monoisotopic (exact) mass is 372 g/mol. The van der Waals surface area contributed by atoms with Crippen molar-refractivity contribution in [1.82, 2.24) is 19.6 Å². The summed E-state index contributed by atoms with van der Waals surface area (Å²) in [4.78, 5) is 13.7. The average molecular weight is 373 g/mol. The number of aryl methyl sites for hydroxylation is 1. The molecule has 1 saturated heterocycles. The van der Waals surface area contributed by atoms with E-state index < -0.39 is 0 Å². The van der Waals surface area contributed by atoms with Gasteiger partial charge in [0.1, 0.15) is 11.3 Å². The van der Waals surface area contributed by atoms with Gasteiger partial charge in [-0.3, -0.25) is 0 Å². The summed E-state index contributed by atoms with van der Waals surface area (Å²) in [7, 11) is 0. The van der Waals surface area contributed by atoms with Crippen molar-refractivity contribution in [2.75, 3.05) is 36.0 Å². The van der Waals surface area contributed by atoms with Gasteiger partial charge in [0.05, 0.1) is 5.69 Å². The van der Waals surface area contributed by atoms with Crippen LogP contribution in [0.1, 0.15) is 5.69 Å². The maximum atomic E-state index is 4.58.